The molecule has 1 aromatic rings. The summed E-state index contributed by atoms with van der Waals surface area (Å²) in [7, 11) is 1.63. The molecule has 1 aromatic carbocycles. The highest BCUT2D eigenvalue weighted by molar-refractivity contribution is 6.07. The number of ether oxygens (including phenoxy) is 2. The Morgan fingerprint density at radius 3 is 3.11 bits per heavy atom. The average molecular weight is 261 g/mol. The fraction of sp³-hybridized carbons (Fsp3) is 0.533. The molecule has 1 amide bonds. The second-order valence-corrected chi connectivity index (χ2v) is 5.27. The first-order valence-electron chi connectivity index (χ1n) is 6.82. The zero-order valence-electron chi connectivity index (χ0n) is 11.4. The second-order valence-electron chi connectivity index (χ2n) is 5.27. The summed E-state index contributed by atoms with van der Waals surface area (Å²) in [5, 5.41) is 3.00. The summed E-state index contributed by atoms with van der Waals surface area (Å²) in [6.07, 6.45) is 2.61. The number of methoxy groups -OCH3 is 1. The van der Waals surface area contributed by atoms with Crippen molar-refractivity contribution in [3.8, 4) is 5.75 Å². The van der Waals surface area contributed by atoms with Crippen LogP contribution < -0.4 is 10.1 Å². The van der Waals surface area contributed by atoms with Gasteiger partial charge in [-0.1, -0.05) is 19.1 Å². The first kappa shape index (κ1) is 12.5. The SMILES string of the molecule is CCC1CC2(CCO1)C(=O)Nc1c(OC)cccc12. The molecule has 1 fully saturated rings. The lowest BCUT2D eigenvalue weighted by Crippen LogP contribution is -2.43. The Hall–Kier alpha value is -1.55. The Balaban J connectivity index is 2.07. The number of rotatable bonds is 2. The van der Waals surface area contributed by atoms with E-state index in [1.807, 2.05) is 18.2 Å². The van der Waals surface area contributed by atoms with Crippen molar-refractivity contribution < 1.29 is 14.3 Å². The Morgan fingerprint density at radius 2 is 2.37 bits per heavy atom. The van der Waals surface area contributed by atoms with Crippen molar-refractivity contribution in [2.24, 2.45) is 0 Å². The number of hydrogen-bond acceptors (Lipinski definition) is 3. The fourth-order valence-corrected chi connectivity index (χ4v) is 3.25. The maximum absolute atomic E-state index is 12.5. The van der Waals surface area contributed by atoms with Gasteiger partial charge in [0.1, 0.15) is 5.75 Å². The molecule has 19 heavy (non-hydrogen) atoms. The lowest BCUT2D eigenvalue weighted by Gasteiger charge is -2.36. The zero-order valence-corrected chi connectivity index (χ0v) is 11.4. The Kier molecular flexibility index (Phi) is 2.97. The minimum atomic E-state index is -0.428. The molecule has 0 aromatic heterocycles. The third-order valence-corrected chi connectivity index (χ3v) is 4.35. The van der Waals surface area contributed by atoms with Crippen LogP contribution in [-0.2, 0) is 14.9 Å². The van der Waals surface area contributed by atoms with Gasteiger partial charge in [0.15, 0.2) is 0 Å². The average Bonchev–Trinajstić information content (AvgIpc) is 2.72. The van der Waals surface area contributed by atoms with Gasteiger partial charge in [-0.2, -0.15) is 0 Å². The third kappa shape index (κ3) is 1.74. The third-order valence-electron chi connectivity index (χ3n) is 4.35. The minimum absolute atomic E-state index is 0.0914. The van der Waals surface area contributed by atoms with Crippen molar-refractivity contribution in [2.75, 3.05) is 19.0 Å². The van der Waals surface area contributed by atoms with Gasteiger partial charge in [0.2, 0.25) is 5.91 Å². The van der Waals surface area contributed by atoms with Crippen LogP contribution in [0.4, 0.5) is 5.69 Å². The van der Waals surface area contributed by atoms with Crippen molar-refractivity contribution >= 4 is 11.6 Å². The largest absolute Gasteiger partial charge is 0.495 e. The summed E-state index contributed by atoms with van der Waals surface area (Å²) in [6.45, 7) is 2.74. The van der Waals surface area contributed by atoms with E-state index in [4.69, 9.17) is 9.47 Å². The molecule has 0 aliphatic carbocycles. The van der Waals surface area contributed by atoms with E-state index in [2.05, 4.69) is 12.2 Å². The number of fused-ring (bicyclic) bond motifs is 2. The molecule has 102 valence electrons. The Morgan fingerprint density at radius 1 is 1.53 bits per heavy atom. The van der Waals surface area contributed by atoms with Crippen LogP contribution in [0.5, 0.6) is 5.75 Å². The highest BCUT2D eigenvalue weighted by atomic mass is 16.5. The van der Waals surface area contributed by atoms with Crippen LogP contribution in [0.1, 0.15) is 31.7 Å². The standard InChI is InChI=1S/C15H19NO3/c1-3-10-9-15(7-8-19-10)11-5-4-6-12(18-2)13(11)16-14(15)17/h4-6,10H,3,7-9H2,1-2H3,(H,16,17). The van der Waals surface area contributed by atoms with Crippen molar-refractivity contribution in [2.45, 2.75) is 37.7 Å². The Labute approximate surface area is 113 Å². The molecule has 2 aliphatic rings. The molecule has 2 atom stereocenters. The molecule has 1 N–H and O–H groups in total. The van der Waals surface area contributed by atoms with Gasteiger partial charge in [-0.15, -0.1) is 0 Å². The van der Waals surface area contributed by atoms with Crippen LogP contribution in [0.25, 0.3) is 0 Å². The fourth-order valence-electron chi connectivity index (χ4n) is 3.25. The smallest absolute Gasteiger partial charge is 0.235 e. The van der Waals surface area contributed by atoms with E-state index in [9.17, 15) is 4.79 Å². The summed E-state index contributed by atoms with van der Waals surface area (Å²) in [4.78, 5) is 12.5. The molecule has 2 unspecified atom stereocenters. The number of anilines is 1. The van der Waals surface area contributed by atoms with Crippen molar-refractivity contribution in [1.29, 1.82) is 0 Å². The van der Waals surface area contributed by atoms with Crippen LogP contribution in [0, 0.1) is 0 Å². The molecule has 4 nitrogen and oxygen atoms in total. The summed E-state index contributed by atoms with van der Waals surface area (Å²) in [6, 6.07) is 5.87. The van der Waals surface area contributed by atoms with Crippen LogP contribution in [0.15, 0.2) is 18.2 Å². The molecule has 2 heterocycles. The van der Waals surface area contributed by atoms with E-state index >= 15 is 0 Å². The van der Waals surface area contributed by atoms with Gasteiger partial charge in [-0.3, -0.25) is 4.79 Å². The number of benzene rings is 1. The van der Waals surface area contributed by atoms with Crippen LogP contribution in [0.2, 0.25) is 0 Å². The predicted octanol–water partition coefficient (Wildman–Crippen LogP) is 2.47. The molecule has 1 saturated heterocycles. The number of hydrogen-bond donors (Lipinski definition) is 1. The molecule has 0 bridgehead atoms. The highest BCUT2D eigenvalue weighted by Crippen LogP contribution is 2.49. The van der Waals surface area contributed by atoms with Gasteiger partial charge in [-0.05, 0) is 30.9 Å². The van der Waals surface area contributed by atoms with Gasteiger partial charge in [0.05, 0.1) is 24.3 Å². The van der Waals surface area contributed by atoms with E-state index in [0.29, 0.717) is 6.61 Å². The molecule has 0 radical (unpaired) electrons. The number of carbonyl (C=O) groups is 1. The van der Waals surface area contributed by atoms with E-state index in [-0.39, 0.29) is 12.0 Å². The van der Waals surface area contributed by atoms with E-state index in [1.54, 1.807) is 7.11 Å². The maximum atomic E-state index is 12.5. The summed E-state index contributed by atoms with van der Waals surface area (Å²) >= 11 is 0. The molecule has 3 rings (SSSR count). The van der Waals surface area contributed by atoms with Crippen molar-refractivity contribution in [3.05, 3.63) is 23.8 Å². The first-order chi connectivity index (χ1) is 9.21. The molecular formula is C15H19NO3. The van der Waals surface area contributed by atoms with Crippen molar-refractivity contribution in [1.82, 2.24) is 0 Å². The number of carbonyl (C=O) groups excluding carboxylic acids is 1. The summed E-state index contributed by atoms with van der Waals surface area (Å²) in [5.41, 5.74) is 1.48. The molecule has 1 spiro atoms. The lowest BCUT2D eigenvalue weighted by molar-refractivity contribution is -0.126. The van der Waals surface area contributed by atoms with Crippen LogP contribution in [0.3, 0.4) is 0 Å². The van der Waals surface area contributed by atoms with E-state index in [0.717, 1.165) is 36.3 Å². The normalized spacial score (nSPS) is 29.2. The van der Waals surface area contributed by atoms with E-state index < -0.39 is 5.41 Å². The molecule has 2 aliphatic heterocycles. The van der Waals surface area contributed by atoms with Gasteiger partial charge < -0.3 is 14.8 Å². The topological polar surface area (TPSA) is 47.6 Å². The van der Waals surface area contributed by atoms with Gasteiger partial charge in [-0.25, -0.2) is 0 Å². The monoisotopic (exact) mass is 261 g/mol. The minimum Gasteiger partial charge on any atom is -0.495 e. The summed E-state index contributed by atoms with van der Waals surface area (Å²) in [5.74, 6) is 0.830. The van der Waals surface area contributed by atoms with Crippen LogP contribution in [-0.4, -0.2) is 25.7 Å². The van der Waals surface area contributed by atoms with Gasteiger partial charge in [0, 0.05) is 6.61 Å². The van der Waals surface area contributed by atoms with E-state index in [1.165, 1.54) is 0 Å². The van der Waals surface area contributed by atoms with Gasteiger partial charge in [0.25, 0.3) is 0 Å². The second kappa shape index (κ2) is 4.53. The number of nitrogens with one attached hydrogen (secondary N) is 1. The molecule has 0 saturated carbocycles. The first-order valence-corrected chi connectivity index (χ1v) is 6.82. The Bertz CT molecular complexity index is 514. The molecular weight excluding hydrogens is 242 g/mol. The maximum Gasteiger partial charge on any atom is 0.235 e. The zero-order chi connectivity index (χ0) is 13.5. The number of amides is 1. The lowest BCUT2D eigenvalue weighted by atomic mass is 9.73. The summed E-state index contributed by atoms with van der Waals surface area (Å²) < 4.78 is 11.1. The van der Waals surface area contributed by atoms with Crippen LogP contribution >= 0.6 is 0 Å². The van der Waals surface area contributed by atoms with Gasteiger partial charge >= 0.3 is 0 Å². The highest BCUT2D eigenvalue weighted by Gasteiger charge is 2.50. The number of para-hydroxylation sites is 1. The quantitative estimate of drug-likeness (QED) is 0.889. The molecule has 4 heteroatoms. The predicted molar refractivity (Wildman–Crippen MR) is 72.6 cm³/mol. The van der Waals surface area contributed by atoms with Crippen molar-refractivity contribution in [3.63, 3.8) is 0 Å².